The summed E-state index contributed by atoms with van der Waals surface area (Å²) in [6.07, 6.45) is 2.00. The van der Waals surface area contributed by atoms with Gasteiger partial charge in [0.15, 0.2) is 11.5 Å². The SMILES string of the molecule is O=C(CC1C(=O)N(C2CC2)c2nc3ccccc3n21)Nc1ccc2c(c1)OCO2. The van der Waals surface area contributed by atoms with Crippen LogP contribution in [-0.2, 0) is 9.59 Å². The zero-order valence-corrected chi connectivity index (χ0v) is 15.5. The number of carbonyl (C=O) groups excluding carboxylic acids is 2. The van der Waals surface area contributed by atoms with E-state index in [1.165, 1.54) is 0 Å². The topological polar surface area (TPSA) is 85.7 Å². The number of anilines is 2. The summed E-state index contributed by atoms with van der Waals surface area (Å²) in [6, 6.07) is 12.6. The number of hydrogen-bond acceptors (Lipinski definition) is 5. The van der Waals surface area contributed by atoms with E-state index in [1.807, 2.05) is 28.8 Å². The van der Waals surface area contributed by atoms with E-state index in [2.05, 4.69) is 10.3 Å². The Bertz CT molecular complexity index is 1170. The van der Waals surface area contributed by atoms with Gasteiger partial charge in [-0.05, 0) is 37.1 Å². The molecule has 1 saturated carbocycles. The molecule has 1 aromatic heterocycles. The normalized spacial score (nSPS) is 19.7. The largest absolute Gasteiger partial charge is 0.454 e. The lowest BCUT2D eigenvalue weighted by Crippen LogP contribution is -2.33. The van der Waals surface area contributed by atoms with Gasteiger partial charge in [-0.2, -0.15) is 0 Å². The molecule has 0 radical (unpaired) electrons. The summed E-state index contributed by atoms with van der Waals surface area (Å²) < 4.78 is 12.6. The highest BCUT2D eigenvalue weighted by Gasteiger charge is 2.47. The zero-order valence-electron chi connectivity index (χ0n) is 15.5. The second-order valence-corrected chi connectivity index (χ2v) is 7.55. The number of benzene rings is 2. The molecule has 3 aromatic rings. The van der Waals surface area contributed by atoms with Crippen molar-refractivity contribution in [1.82, 2.24) is 9.55 Å². The van der Waals surface area contributed by atoms with Crippen molar-refractivity contribution in [3.8, 4) is 11.5 Å². The van der Waals surface area contributed by atoms with E-state index in [1.54, 1.807) is 23.1 Å². The first kappa shape index (κ1) is 16.4. The smallest absolute Gasteiger partial charge is 0.253 e. The Hall–Kier alpha value is -3.55. The lowest BCUT2D eigenvalue weighted by atomic mass is 10.1. The first-order valence-corrected chi connectivity index (χ1v) is 9.68. The minimum atomic E-state index is -0.591. The van der Waals surface area contributed by atoms with Crippen molar-refractivity contribution in [2.75, 3.05) is 17.0 Å². The zero-order chi connectivity index (χ0) is 19.5. The number of rotatable bonds is 4. The second kappa shape index (κ2) is 5.97. The van der Waals surface area contributed by atoms with Crippen LogP contribution >= 0.6 is 0 Å². The molecule has 146 valence electrons. The molecule has 1 unspecified atom stereocenters. The van der Waals surface area contributed by atoms with E-state index >= 15 is 0 Å². The second-order valence-electron chi connectivity index (χ2n) is 7.55. The number of nitrogens with one attached hydrogen (secondary N) is 1. The third-order valence-electron chi connectivity index (χ3n) is 5.57. The van der Waals surface area contributed by atoms with Crippen molar-refractivity contribution >= 4 is 34.5 Å². The summed E-state index contributed by atoms with van der Waals surface area (Å²) in [5, 5.41) is 2.87. The van der Waals surface area contributed by atoms with Gasteiger partial charge in [0.05, 0.1) is 17.5 Å². The van der Waals surface area contributed by atoms with Crippen LogP contribution in [-0.4, -0.2) is 34.2 Å². The fourth-order valence-corrected chi connectivity index (χ4v) is 4.10. The molecule has 1 aliphatic carbocycles. The number of carbonyl (C=O) groups is 2. The van der Waals surface area contributed by atoms with Gasteiger partial charge in [0.1, 0.15) is 6.04 Å². The Morgan fingerprint density at radius 2 is 1.97 bits per heavy atom. The molecule has 0 spiro atoms. The van der Waals surface area contributed by atoms with E-state index in [0.29, 0.717) is 23.1 Å². The highest BCUT2D eigenvalue weighted by atomic mass is 16.7. The van der Waals surface area contributed by atoms with Gasteiger partial charge in [0.25, 0.3) is 5.91 Å². The Morgan fingerprint density at radius 3 is 2.83 bits per heavy atom. The molecule has 0 bridgehead atoms. The van der Waals surface area contributed by atoms with E-state index < -0.39 is 6.04 Å². The number of nitrogens with zero attached hydrogens (tertiary/aromatic N) is 3. The van der Waals surface area contributed by atoms with Crippen LogP contribution in [0.5, 0.6) is 11.5 Å². The summed E-state index contributed by atoms with van der Waals surface area (Å²) >= 11 is 0. The van der Waals surface area contributed by atoms with Crippen molar-refractivity contribution in [1.29, 1.82) is 0 Å². The number of aromatic nitrogens is 2. The van der Waals surface area contributed by atoms with Crippen LogP contribution in [0.25, 0.3) is 11.0 Å². The lowest BCUT2D eigenvalue weighted by Gasteiger charge is -2.15. The summed E-state index contributed by atoms with van der Waals surface area (Å²) in [4.78, 5) is 32.4. The molecular weight excluding hydrogens is 372 g/mol. The van der Waals surface area contributed by atoms with Gasteiger partial charge in [-0.15, -0.1) is 0 Å². The minimum Gasteiger partial charge on any atom is -0.454 e. The minimum absolute atomic E-state index is 0.0455. The van der Waals surface area contributed by atoms with Gasteiger partial charge in [-0.25, -0.2) is 4.98 Å². The molecule has 1 atom stereocenters. The number of ether oxygens (including phenoxy) is 2. The van der Waals surface area contributed by atoms with E-state index in [-0.39, 0.29) is 31.1 Å². The molecule has 2 amide bonds. The van der Waals surface area contributed by atoms with Crippen molar-refractivity contribution in [3.05, 3.63) is 42.5 Å². The fraction of sp³-hybridized carbons (Fsp3) is 0.286. The van der Waals surface area contributed by atoms with Crippen LogP contribution in [0, 0.1) is 0 Å². The molecule has 3 aliphatic rings. The molecule has 2 aromatic carbocycles. The first-order chi connectivity index (χ1) is 14.2. The molecule has 8 heteroatoms. The Kier molecular flexibility index (Phi) is 3.38. The number of imidazole rings is 1. The third-order valence-corrected chi connectivity index (χ3v) is 5.57. The molecule has 1 N–H and O–H groups in total. The monoisotopic (exact) mass is 390 g/mol. The summed E-state index contributed by atoms with van der Waals surface area (Å²) in [5.74, 6) is 1.62. The first-order valence-electron chi connectivity index (χ1n) is 9.68. The molecular formula is C21H18N4O4. The van der Waals surface area contributed by atoms with Gasteiger partial charge >= 0.3 is 0 Å². The average Bonchev–Trinajstić information content (AvgIpc) is 3.22. The Labute approximate surface area is 166 Å². The molecule has 3 heterocycles. The highest BCUT2D eigenvalue weighted by molar-refractivity contribution is 6.05. The maximum Gasteiger partial charge on any atom is 0.253 e. The molecule has 2 aliphatic heterocycles. The number of para-hydroxylation sites is 2. The quantitative estimate of drug-likeness (QED) is 0.740. The maximum atomic E-state index is 13.1. The van der Waals surface area contributed by atoms with Gasteiger partial charge in [-0.1, -0.05) is 12.1 Å². The molecule has 29 heavy (non-hydrogen) atoms. The van der Waals surface area contributed by atoms with Gasteiger partial charge in [0.2, 0.25) is 18.6 Å². The highest BCUT2D eigenvalue weighted by Crippen LogP contribution is 2.42. The predicted molar refractivity (Wildman–Crippen MR) is 105 cm³/mol. The average molecular weight is 390 g/mol. The van der Waals surface area contributed by atoms with Crippen LogP contribution in [0.1, 0.15) is 25.3 Å². The lowest BCUT2D eigenvalue weighted by molar-refractivity contribution is -0.124. The molecule has 8 nitrogen and oxygen atoms in total. The van der Waals surface area contributed by atoms with Gasteiger partial charge < -0.3 is 14.8 Å². The van der Waals surface area contributed by atoms with Crippen molar-refractivity contribution in [3.63, 3.8) is 0 Å². The van der Waals surface area contributed by atoms with Gasteiger partial charge in [-0.3, -0.25) is 19.1 Å². The fourth-order valence-electron chi connectivity index (χ4n) is 4.10. The van der Waals surface area contributed by atoms with E-state index in [0.717, 1.165) is 23.9 Å². The third kappa shape index (κ3) is 2.55. The van der Waals surface area contributed by atoms with Crippen LogP contribution in [0.3, 0.4) is 0 Å². The number of amides is 2. The summed E-state index contributed by atoms with van der Waals surface area (Å²) in [7, 11) is 0. The van der Waals surface area contributed by atoms with Crippen LogP contribution in [0.15, 0.2) is 42.5 Å². The summed E-state index contributed by atoms with van der Waals surface area (Å²) in [6.45, 7) is 0.177. The van der Waals surface area contributed by atoms with E-state index in [9.17, 15) is 9.59 Å². The Morgan fingerprint density at radius 1 is 1.14 bits per heavy atom. The Balaban J connectivity index is 1.30. The number of hydrogen-bond donors (Lipinski definition) is 1. The van der Waals surface area contributed by atoms with Crippen LogP contribution in [0.2, 0.25) is 0 Å². The summed E-state index contributed by atoms with van der Waals surface area (Å²) in [5.41, 5.74) is 2.32. The maximum absolute atomic E-state index is 13.1. The number of fused-ring (bicyclic) bond motifs is 4. The molecule has 0 saturated heterocycles. The van der Waals surface area contributed by atoms with Crippen molar-refractivity contribution in [2.45, 2.75) is 31.3 Å². The van der Waals surface area contributed by atoms with E-state index in [4.69, 9.17) is 9.47 Å². The van der Waals surface area contributed by atoms with Crippen LogP contribution in [0.4, 0.5) is 11.6 Å². The van der Waals surface area contributed by atoms with Crippen molar-refractivity contribution in [2.24, 2.45) is 0 Å². The molecule has 1 fully saturated rings. The van der Waals surface area contributed by atoms with Gasteiger partial charge in [0, 0.05) is 17.8 Å². The molecule has 6 rings (SSSR count). The predicted octanol–water partition coefficient (Wildman–Crippen LogP) is 2.84. The standard InChI is InChI=1S/C21H18N4O4/c26-19(22-12-5-8-17-18(9-12)29-11-28-17)10-16-20(27)24(13-6-7-13)21-23-14-3-1-2-4-15(14)25(16)21/h1-5,8-9,13,16H,6-7,10-11H2,(H,22,26). The van der Waals surface area contributed by atoms with Crippen LogP contribution < -0.4 is 19.7 Å². The van der Waals surface area contributed by atoms with Crippen molar-refractivity contribution < 1.29 is 19.1 Å².